The van der Waals surface area contributed by atoms with Crippen molar-refractivity contribution in [3.8, 4) is 0 Å². The Morgan fingerprint density at radius 1 is 1.33 bits per heavy atom. The molecule has 0 aliphatic rings. The average Bonchev–Trinajstić information content (AvgIpc) is 2.79. The molecule has 2 rings (SSSR count). The van der Waals surface area contributed by atoms with Gasteiger partial charge in [-0.1, -0.05) is 19.4 Å². The summed E-state index contributed by atoms with van der Waals surface area (Å²) in [6.45, 7) is 13.0. The van der Waals surface area contributed by atoms with Crippen LogP contribution in [0.5, 0.6) is 0 Å². The van der Waals surface area contributed by atoms with Gasteiger partial charge in [-0.15, -0.1) is 17.9 Å². The van der Waals surface area contributed by atoms with Gasteiger partial charge in [0.2, 0.25) is 5.95 Å². The van der Waals surface area contributed by atoms with E-state index in [0.717, 1.165) is 28.9 Å². The second-order valence-electron chi connectivity index (χ2n) is 6.13. The van der Waals surface area contributed by atoms with E-state index in [2.05, 4.69) is 60.3 Å². The van der Waals surface area contributed by atoms with Crippen molar-refractivity contribution in [3.05, 3.63) is 23.6 Å². The van der Waals surface area contributed by atoms with Gasteiger partial charge in [-0.05, 0) is 38.1 Å². The number of nitrogens with one attached hydrogen (secondary N) is 2. The first kappa shape index (κ1) is 15.8. The lowest BCUT2D eigenvalue weighted by atomic mass is 10.1. The molecular weight excluding hydrogens is 280 g/mol. The Kier molecular flexibility index (Phi) is 4.83. The molecule has 5 heteroatoms. The summed E-state index contributed by atoms with van der Waals surface area (Å²) in [5, 5.41) is 8.89. The zero-order valence-electron chi connectivity index (χ0n) is 13.3. The normalized spacial score (nSPS) is 11.6. The zero-order chi connectivity index (χ0) is 15.5. The van der Waals surface area contributed by atoms with Crippen molar-refractivity contribution in [2.45, 2.75) is 46.1 Å². The molecule has 0 radical (unpaired) electrons. The zero-order valence-corrected chi connectivity index (χ0v) is 14.1. The van der Waals surface area contributed by atoms with Crippen LogP contribution in [0.3, 0.4) is 0 Å². The highest BCUT2D eigenvalue weighted by Gasteiger charge is 2.17. The summed E-state index contributed by atoms with van der Waals surface area (Å²) in [7, 11) is 0. The van der Waals surface area contributed by atoms with Gasteiger partial charge < -0.3 is 10.6 Å². The molecule has 2 aromatic heterocycles. The van der Waals surface area contributed by atoms with Crippen LogP contribution in [0.1, 0.15) is 39.7 Å². The average molecular weight is 304 g/mol. The van der Waals surface area contributed by atoms with Gasteiger partial charge in [-0.2, -0.15) is 4.98 Å². The molecular formula is C16H24N4S. The van der Waals surface area contributed by atoms with Gasteiger partial charge >= 0.3 is 0 Å². The molecule has 0 aliphatic heterocycles. The molecule has 0 unspecified atom stereocenters. The summed E-state index contributed by atoms with van der Waals surface area (Å²) in [6.07, 6.45) is 3.98. The van der Waals surface area contributed by atoms with Crippen LogP contribution in [0.15, 0.2) is 18.0 Å². The maximum Gasteiger partial charge on any atom is 0.225 e. The third kappa shape index (κ3) is 3.94. The van der Waals surface area contributed by atoms with E-state index in [-0.39, 0.29) is 5.54 Å². The molecule has 0 saturated carbocycles. The summed E-state index contributed by atoms with van der Waals surface area (Å²) in [5.74, 6) is 1.57. The topological polar surface area (TPSA) is 49.8 Å². The summed E-state index contributed by atoms with van der Waals surface area (Å²) in [6, 6.07) is 0. The van der Waals surface area contributed by atoms with Crippen LogP contribution in [0.4, 0.5) is 11.8 Å². The smallest absolute Gasteiger partial charge is 0.225 e. The second-order valence-corrected chi connectivity index (χ2v) is 7.01. The Morgan fingerprint density at radius 2 is 2.10 bits per heavy atom. The fourth-order valence-electron chi connectivity index (χ4n) is 2.09. The molecule has 21 heavy (non-hydrogen) atoms. The van der Waals surface area contributed by atoms with Gasteiger partial charge in [0.1, 0.15) is 5.82 Å². The first-order valence-corrected chi connectivity index (χ1v) is 8.23. The molecule has 114 valence electrons. The number of fused-ring (bicyclic) bond motifs is 1. The van der Waals surface area contributed by atoms with Crippen LogP contribution in [0.2, 0.25) is 0 Å². The third-order valence-corrected chi connectivity index (χ3v) is 3.93. The number of anilines is 2. The number of nitrogens with zero attached hydrogens (tertiary/aromatic N) is 2. The highest BCUT2D eigenvalue weighted by Crippen LogP contribution is 2.33. The van der Waals surface area contributed by atoms with E-state index in [9.17, 15) is 0 Å². The van der Waals surface area contributed by atoms with Crippen molar-refractivity contribution in [2.24, 2.45) is 0 Å². The molecule has 4 nitrogen and oxygen atoms in total. The number of hydrogen-bond donors (Lipinski definition) is 2. The molecule has 0 saturated heterocycles. The van der Waals surface area contributed by atoms with Gasteiger partial charge in [0.05, 0.1) is 10.2 Å². The van der Waals surface area contributed by atoms with Gasteiger partial charge in [0.15, 0.2) is 0 Å². The highest BCUT2D eigenvalue weighted by atomic mass is 32.1. The lowest BCUT2D eigenvalue weighted by Gasteiger charge is -2.22. The van der Waals surface area contributed by atoms with Crippen molar-refractivity contribution < 1.29 is 0 Å². The maximum atomic E-state index is 4.68. The summed E-state index contributed by atoms with van der Waals surface area (Å²) in [4.78, 5) is 9.31. The van der Waals surface area contributed by atoms with Gasteiger partial charge in [-0.3, -0.25) is 0 Å². The Bertz CT molecular complexity index is 625. The van der Waals surface area contributed by atoms with Crippen LogP contribution in [-0.4, -0.2) is 22.1 Å². The number of aromatic nitrogens is 2. The molecule has 0 fully saturated rings. The predicted octanol–water partition coefficient (Wildman–Crippen LogP) is 4.45. The second kappa shape index (κ2) is 6.43. The van der Waals surface area contributed by atoms with E-state index in [1.165, 1.54) is 5.56 Å². The number of hydrogen-bond acceptors (Lipinski definition) is 5. The first-order valence-electron chi connectivity index (χ1n) is 7.35. The lowest BCUT2D eigenvalue weighted by Crippen LogP contribution is -2.27. The first-order chi connectivity index (χ1) is 9.94. The molecule has 0 bridgehead atoms. The minimum atomic E-state index is -0.0358. The SMILES string of the molecule is C=CCNc1nc(NC(C)(C)C)c2scc(CCC)c2n1. The molecule has 2 aromatic rings. The van der Waals surface area contributed by atoms with Crippen LogP contribution < -0.4 is 10.6 Å². The van der Waals surface area contributed by atoms with Crippen LogP contribution >= 0.6 is 11.3 Å². The minimum Gasteiger partial charge on any atom is -0.364 e. The molecule has 0 aromatic carbocycles. The van der Waals surface area contributed by atoms with E-state index in [1.54, 1.807) is 11.3 Å². The van der Waals surface area contributed by atoms with Crippen molar-refractivity contribution >= 4 is 33.3 Å². The summed E-state index contributed by atoms with van der Waals surface area (Å²) in [5.41, 5.74) is 2.33. The van der Waals surface area contributed by atoms with E-state index < -0.39 is 0 Å². The standard InChI is InChI=1S/C16H24N4S/c1-6-8-11-10-21-13-12(11)18-15(17-9-7-2)19-14(13)20-16(3,4)5/h7,10H,2,6,8-9H2,1,3-5H3,(H2,17,18,19,20). The third-order valence-electron chi connectivity index (χ3n) is 2.91. The van der Waals surface area contributed by atoms with Crippen molar-refractivity contribution in [3.63, 3.8) is 0 Å². The van der Waals surface area contributed by atoms with Crippen molar-refractivity contribution in [2.75, 3.05) is 17.2 Å². The fourth-order valence-corrected chi connectivity index (χ4v) is 3.08. The van der Waals surface area contributed by atoms with E-state index in [1.807, 2.05) is 6.08 Å². The van der Waals surface area contributed by atoms with E-state index in [0.29, 0.717) is 12.5 Å². The van der Waals surface area contributed by atoms with Crippen LogP contribution in [0.25, 0.3) is 10.2 Å². The van der Waals surface area contributed by atoms with Crippen LogP contribution in [0, 0.1) is 0 Å². The molecule has 2 N–H and O–H groups in total. The number of rotatable bonds is 6. The monoisotopic (exact) mass is 304 g/mol. The predicted molar refractivity (Wildman–Crippen MR) is 93.5 cm³/mol. The molecule has 0 aliphatic carbocycles. The molecule has 0 spiro atoms. The summed E-state index contributed by atoms with van der Waals surface area (Å²) >= 11 is 1.72. The Morgan fingerprint density at radius 3 is 2.71 bits per heavy atom. The fraction of sp³-hybridized carbons (Fsp3) is 0.500. The van der Waals surface area contributed by atoms with Crippen molar-refractivity contribution in [1.29, 1.82) is 0 Å². The Hall–Kier alpha value is -1.62. The number of aryl methyl sites for hydroxylation is 1. The lowest BCUT2D eigenvalue weighted by molar-refractivity contribution is 0.631. The largest absolute Gasteiger partial charge is 0.364 e. The molecule has 0 amide bonds. The van der Waals surface area contributed by atoms with Gasteiger partial charge in [0.25, 0.3) is 0 Å². The molecule has 0 atom stereocenters. The van der Waals surface area contributed by atoms with Gasteiger partial charge in [0, 0.05) is 12.1 Å². The van der Waals surface area contributed by atoms with E-state index >= 15 is 0 Å². The van der Waals surface area contributed by atoms with Crippen molar-refractivity contribution in [1.82, 2.24) is 9.97 Å². The maximum absolute atomic E-state index is 4.68. The minimum absolute atomic E-state index is 0.0358. The number of thiophene rings is 1. The highest BCUT2D eigenvalue weighted by molar-refractivity contribution is 7.18. The molecule has 2 heterocycles. The van der Waals surface area contributed by atoms with E-state index in [4.69, 9.17) is 0 Å². The Balaban J connectivity index is 2.50. The quantitative estimate of drug-likeness (QED) is 0.774. The van der Waals surface area contributed by atoms with Crippen LogP contribution in [-0.2, 0) is 6.42 Å². The Labute approximate surface area is 130 Å². The van der Waals surface area contributed by atoms with Gasteiger partial charge in [-0.25, -0.2) is 4.98 Å². The summed E-state index contributed by atoms with van der Waals surface area (Å²) < 4.78 is 1.14.